The van der Waals surface area contributed by atoms with Crippen LogP contribution >= 0.6 is 0 Å². The highest BCUT2D eigenvalue weighted by atomic mass is 16.2. The van der Waals surface area contributed by atoms with Crippen LogP contribution in [0.2, 0.25) is 0 Å². The number of hydrogen-bond donors (Lipinski definition) is 3. The van der Waals surface area contributed by atoms with Gasteiger partial charge in [-0.1, -0.05) is 30.3 Å². The minimum Gasteiger partial charge on any atom is -0.355 e. The molecule has 2 amide bonds. The second-order valence-electron chi connectivity index (χ2n) is 6.91. The molecule has 8 nitrogen and oxygen atoms in total. The summed E-state index contributed by atoms with van der Waals surface area (Å²) in [5, 5.41) is 5.95. The van der Waals surface area contributed by atoms with Crippen molar-refractivity contribution in [3.63, 3.8) is 0 Å². The quantitative estimate of drug-likeness (QED) is 0.464. The predicted molar refractivity (Wildman–Crippen MR) is 120 cm³/mol. The van der Waals surface area contributed by atoms with Crippen molar-refractivity contribution in [2.24, 2.45) is 0 Å². The molecule has 0 saturated carbocycles. The van der Waals surface area contributed by atoms with Gasteiger partial charge in [0.2, 0.25) is 5.95 Å². The Kier molecular flexibility index (Phi) is 5.36. The number of amides is 2. The summed E-state index contributed by atoms with van der Waals surface area (Å²) in [6.07, 6.45) is 1.71. The van der Waals surface area contributed by atoms with E-state index in [0.717, 1.165) is 11.3 Å². The van der Waals surface area contributed by atoms with Crippen molar-refractivity contribution >= 4 is 40.2 Å². The molecule has 0 bridgehead atoms. The maximum absolute atomic E-state index is 12.7. The number of rotatable bonds is 5. The number of carbonyl (C=O) groups excluding carboxylic acids is 2. The normalized spacial score (nSPS) is 10.7. The number of aromatic nitrogens is 3. The predicted octanol–water partition coefficient (Wildman–Crippen LogP) is 3.46. The van der Waals surface area contributed by atoms with Gasteiger partial charge in [0.15, 0.2) is 0 Å². The van der Waals surface area contributed by atoms with E-state index < -0.39 is 0 Å². The lowest BCUT2D eigenvalue weighted by atomic mass is 10.1. The van der Waals surface area contributed by atoms with Gasteiger partial charge in [-0.25, -0.2) is 4.98 Å². The van der Waals surface area contributed by atoms with Crippen molar-refractivity contribution in [3.05, 3.63) is 77.6 Å². The Morgan fingerprint density at radius 1 is 0.903 bits per heavy atom. The van der Waals surface area contributed by atoms with Crippen LogP contribution in [0.3, 0.4) is 0 Å². The molecule has 0 aliphatic heterocycles. The molecular weight excluding hydrogens is 392 g/mol. The third kappa shape index (κ3) is 3.59. The number of nitrogens with one attached hydrogen (secondary N) is 3. The minimum absolute atomic E-state index is 0.230. The first-order chi connectivity index (χ1) is 15.0. The Morgan fingerprint density at radius 2 is 1.65 bits per heavy atom. The van der Waals surface area contributed by atoms with Crippen LogP contribution in [0.5, 0.6) is 0 Å². The number of aryl methyl sites for hydroxylation is 1. The van der Waals surface area contributed by atoms with Crippen LogP contribution in [0.25, 0.3) is 11.0 Å². The Balaban J connectivity index is 2.04. The molecule has 3 N–H and O–H groups in total. The van der Waals surface area contributed by atoms with E-state index in [1.807, 2.05) is 49.4 Å². The summed E-state index contributed by atoms with van der Waals surface area (Å²) >= 11 is 0. The fourth-order valence-corrected chi connectivity index (χ4v) is 3.52. The standard InChI is InChI=1S/C23H22N6O2/c1-14-8-7-11-17(21(30)24-2)19(14)29(15-9-5-4-6-10-15)23-27-18(22(31)25-3)16-12-13-26-20(16)28-23/h4-13H,1-3H3,(H,24,30)(H,25,31)(H,26,27,28). The zero-order valence-corrected chi connectivity index (χ0v) is 17.4. The zero-order valence-electron chi connectivity index (χ0n) is 17.4. The third-order valence-electron chi connectivity index (χ3n) is 4.99. The molecule has 4 aromatic rings. The van der Waals surface area contributed by atoms with Crippen LogP contribution in [-0.4, -0.2) is 40.9 Å². The fourth-order valence-electron chi connectivity index (χ4n) is 3.52. The molecule has 0 aliphatic rings. The van der Waals surface area contributed by atoms with Crippen LogP contribution in [0.1, 0.15) is 26.4 Å². The second kappa shape index (κ2) is 8.27. The van der Waals surface area contributed by atoms with E-state index in [4.69, 9.17) is 0 Å². The molecule has 0 fully saturated rings. The Hall–Kier alpha value is -4.20. The van der Waals surface area contributed by atoms with Crippen molar-refractivity contribution in [3.8, 4) is 0 Å². The van der Waals surface area contributed by atoms with Crippen molar-refractivity contribution in [2.45, 2.75) is 6.92 Å². The molecule has 156 valence electrons. The lowest BCUT2D eigenvalue weighted by Gasteiger charge is -2.27. The summed E-state index contributed by atoms with van der Waals surface area (Å²) in [6.45, 7) is 1.92. The zero-order chi connectivity index (χ0) is 22.0. The second-order valence-corrected chi connectivity index (χ2v) is 6.91. The number of benzene rings is 2. The molecule has 8 heteroatoms. The van der Waals surface area contributed by atoms with E-state index in [-0.39, 0.29) is 23.5 Å². The lowest BCUT2D eigenvalue weighted by molar-refractivity contribution is 0.0953. The number of carbonyl (C=O) groups is 2. The van der Waals surface area contributed by atoms with E-state index in [2.05, 4.69) is 25.6 Å². The molecule has 2 aromatic heterocycles. The van der Waals surface area contributed by atoms with Crippen LogP contribution in [-0.2, 0) is 0 Å². The van der Waals surface area contributed by atoms with Crippen molar-refractivity contribution < 1.29 is 9.59 Å². The summed E-state index contributed by atoms with van der Waals surface area (Å²) in [6, 6.07) is 16.8. The Labute approximate surface area is 179 Å². The van der Waals surface area contributed by atoms with Crippen LogP contribution in [0.4, 0.5) is 17.3 Å². The molecule has 2 heterocycles. The van der Waals surface area contributed by atoms with E-state index in [1.165, 1.54) is 0 Å². The summed E-state index contributed by atoms with van der Waals surface area (Å²) in [5.41, 5.74) is 3.52. The SMILES string of the molecule is CNC(=O)c1cccc(C)c1N(c1ccccc1)c1nc(C(=O)NC)c2cc[nH]c2n1. The molecule has 0 saturated heterocycles. The monoisotopic (exact) mass is 414 g/mol. The Morgan fingerprint density at radius 3 is 2.35 bits per heavy atom. The molecular formula is C23H22N6O2. The third-order valence-corrected chi connectivity index (χ3v) is 4.99. The van der Waals surface area contributed by atoms with Gasteiger partial charge in [-0.05, 0) is 36.8 Å². The topological polar surface area (TPSA) is 103 Å². The molecule has 0 spiro atoms. The molecule has 4 rings (SSSR count). The molecule has 0 atom stereocenters. The number of fused-ring (bicyclic) bond motifs is 1. The fraction of sp³-hybridized carbons (Fsp3) is 0.130. The number of hydrogen-bond acceptors (Lipinski definition) is 5. The first kappa shape index (κ1) is 20.1. The number of nitrogens with zero attached hydrogens (tertiary/aromatic N) is 3. The van der Waals surface area contributed by atoms with E-state index in [0.29, 0.717) is 22.3 Å². The molecule has 0 unspecified atom stereocenters. The number of H-pyrrole nitrogens is 1. The smallest absolute Gasteiger partial charge is 0.270 e. The van der Waals surface area contributed by atoms with Crippen molar-refractivity contribution in [1.29, 1.82) is 0 Å². The van der Waals surface area contributed by atoms with Gasteiger partial charge < -0.3 is 15.6 Å². The number of aromatic amines is 1. The summed E-state index contributed by atoms with van der Waals surface area (Å²) < 4.78 is 0. The molecule has 2 aromatic carbocycles. The summed E-state index contributed by atoms with van der Waals surface area (Å²) in [4.78, 5) is 39.4. The Bertz CT molecular complexity index is 1270. The van der Waals surface area contributed by atoms with Gasteiger partial charge in [0, 0.05) is 26.0 Å². The first-order valence-corrected chi connectivity index (χ1v) is 9.79. The molecule has 31 heavy (non-hydrogen) atoms. The van der Waals surface area contributed by atoms with Crippen LogP contribution in [0.15, 0.2) is 60.8 Å². The van der Waals surface area contributed by atoms with Gasteiger partial charge in [0.1, 0.15) is 11.3 Å². The molecule has 0 aliphatic carbocycles. The number of para-hydroxylation sites is 2. The van der Waals surface area contributed by atoms with E-state index >= 15 is 0 Å². The highest BCUT2D eigenvalue weighted by Gasteiger charge is 2.25. The largest absolute Gasteiger partial charge is 0.355 e. The van der Waals surface area contributed by atoms with E-state index in [1.54, 1.807) is 37.3 Å². The summed E-state index contributed by atoms with van der Waals surface area (Å²) in [5.74, 6) is -0.274. The van der Waals surface area contributed by atoms with Crippen LogP contribution in [0, 0.1) is 6.92 Å². The maximum Gasteiger partial charge on any atom is 0.270 e. The van der Waals surface area contributed by atoms with Gasteiger partial charge in [-0.3, -0.25) is 14.5 Å². The average Bonchev–Trinajstić information content (AvgIpc) is 3.28. The van der Waals surface area contributed by atoms with E-state index in [9.17, 15) is 9.59 Å². The lowest BCUT2D eigenvalue weighted by Crippen LogP contribution is -2.25. The van der Waals surface area contributed by atoms with Crippen molar-refractivity contribution in [1.82, 2.24) is 25.6 Å². The highest BCUT2D eigenvalue weighted by Crippen LogP contribution is 2.37. The first-order valence-electron chi connectivity index (χ1n) is 9.79. The van der Waals surface area contributed by atoms with Crippen molar-refractivity contribution in [2.75, 3.05) is 19.0 Å². The van der Waals surface area contributed by atoms with Gasteiger partial charge >= 0.3 is 0 Å². The van der Waals surface area contributed by atoms with Gasteiger partial charge in [-0.15, -0.1) is 0 Å². The molecule has 0 radical (unpaired) electrons. The van der Waals surface area contributed by atoms with Gasteiger partial charge in [0.25, 0.3) is 11.8 Å². The van der Waals surface area contributed by atoms with Crippen LogP contribution < -0.4 is 15.5 Å². The average molecular weight is 414 g/mol. The van der Waals surface area contributed by atoms with Gasteiger partial charge in [0.05, 0.1) is 16.6 Å². The minimum atomic E-state index is -0.322. The summed E-state index contributed by atoms with van der Waals surface area (Å²) in [7, 11) is 3.15. The maximum atomic E-state index is 12.7. The van der Waals surface area contributed by atoms with Gasteiger partial charge in [-0.2, -0.15) is 4.98 Å². The number of anilines is 3. The highest BCUT2D eigenvalue weighted by molar-refractivity contribution is 6.05.